The first kappa shape index (κ1) is 14.4. The molecule has 1 aromatic rings. The maximum absolute atomic E-state index is 11.7. The Labute approximate surface area is 109 Å². The summed E-state index contributed by atoms with van der Waals surface area (Å²) in [5, 5.41) is 3.35. The second-order valence-electron chi connectivity index (χ2n) is 4.15. The third kappa shape index (κ3) is 3.39. The molecule has 100 valence electrons. The molecule has 18 heavy (non-hydrogen) atoms. The molecule has 4 nitrogen and oxygen atoms in total. The van der Waals surface area contributed by atoms with Gasteiger partial charge in [-0.2, -0.15) is 0 Å². The van der Waals surface area contributed by atoms with E-state index in [1.54, 1.807) is 13.0 Å². The number of benzene rings is 1. The molecule has 1 aromatic carbocycles. The quantitative estimate of drug-likeness (QED) is 0.601. The van der Waals surface area contributed by atoms with Crippen LogP contribution in [0.3, 0.4) is 0 Å². The summed E-state index contributed by atoms with van der Waals surface area (Å²) in [7, 11) is 0. The number of nitrogens with two attached hydrogens (primary N) is 1. The van der Waals surface area contributed by atoms with Crippen molar-refractivity contribution >= 4 is 17.3 Å². The van der Waals surface area contributed by atoms with Crippen molar-refractivity contribution in [1.82, 2.24) is 0 Å². The second-order valence-corrected chi connectivity index (χ2v) is 4.15. The summed E-state index contributed by atoms with van der Waals surface area (Å²) in [6, 6.07) is 5.75. The molecule has 0 saturated carbocycles. The number of rotatable bonds is 6. The number of carbonyl (C=O) groups excluding carboxylic acids is 1. The Balaban J connectivity index is 2.94. The number of nitrogen functional groups attached to an aromatic ring is 1. The number of ether oxygens (including phenoxy) is 1. The van der Waals surface area contributed by atoms with E-state index in [2.05, 4.69) is 19.2 Å². The summed E-state index contributed by atoms with van der Waals surface area (Å²) in [5.74, 6) is -0.372. The van der Waals surface area contributed by atoms with Crippen molar-refractivity contribution in [1.29, 1.82) is 0 Å². The Hall–Kier alpha value is -1.71. The third-order valence-corrected chi connectivity index (χ3v) is 2.95. The lowest BCUT2D eigenvalue weighted by Gasteiger charge is -2.18. The first-order chi connectivity index (χ1) is 8.63. The van der Waals surface area contributed by atoms with Crippen molar-refractivity contribution in [3.8, 4) is 0 Å². The van der Waals surface area contributed by atoms with E-state index in [4.69, 9.17) is 10.5 Å². The number of para-hydroxylation sites is 1. The Bertz CT molecular complexity index is 401. The highest BCUT2D eigenvalue weighted by molar-refractivity contribution is 5.98. The average molecular weight is 250 g/mol. The molecule has 0 aromatic heterocycles. The van der Waals surface area contributed by atoms with Crippen LogP contribution < -0.4 is 11.1 Å². The van der Waals surface area contributed by atoms with Crippen LogP contribution in [0.1, 0.15) is 44.0 Å². The Morgan fingerprint density at radius 3 is 2.56 bits per heavy atom. The monoisotopic (exact) mass is 250 g/mol. The average Bonchev–Trinajstić information content (AvgIpc) is 2.37. The zero-order valence-corrected chi connectivity index (χ0v) is 11.3. The molecule has 0 radical (unpaired) electrons. The lowest BCUT2D eigenvalue weighted by molar-refractivity contribution is 0.0527. The van der Waals surface area contributed by atoms with Gasteiger partial charge in [0.2, 0.25) is 0 Å². The van der Waals surface area contributed by atoms with Crippen LogP contribution in [-0.4, -0.2) is 18.6 Å². The largest absolute Gasteiger partial charge is 0.462 e. The predicted molar refractivity (Wildman–Crippen MR) is 74.8 cm³/mol. The summed E-state index contributed by atoms with van der Waals surface area (Å²) >= 11 is 0. The van der Waals surface area contributed by atoms with E-state index < -0.39 is 0 Å². The van der Waals surface area contributed by atoms with Gasteiger partial charge < -0.3 is 15.8 Å². The van der Waals surface area contributed by atoms with E-state index in [0.29, 0.717) is 23.9 Å². The van der Waals surface area contributed by atoms with Crippen LogP contribution in [-0.2, 0) is 4.74 Å². The fraction of sp³-hybridized carbons (Fsp3) is 0.500. The molecule has 0 aliphatic carbocycles. The molecular formula is C14H22N2O2. The summed E-state index contributed by atoms with van der Waals surface area (Å²) in [6.07, 6.45) is 2.03. The Kier molecular flexibility index (Phi) is 5.49. The van der Waals surface area contributed by atoms with Crippen LogP contribution in [0.4, 0.5) is 11.4 Å². The molecule has 1 rings (SSSR count). The van der Waals surface area contributed by atoms with Crippen LogP contribution in [0, 0.1) is 0 Å². The molecule has 0 bridgehead atoms. The minimum atomic E-state index is -0.372. The van der Waals surface area contributed by atoms with Gasteiger partial charge in [-0.1, -0.05) is 19.9 Å². The van der Waals surface area contributed by atoms with Crippen molar-refractivity contribution in [2.24, 2.45) is 0 Å². The van der Waals surface area contributed by atoms with Crippen LogP contribution in [0.2, 0.25) is 0 Å². The van der Waals surface area contributed by atoms with Crippen LogP contribution in [0.5, 0.6) is 0 Å². The normalized spacial score (nSPS) is 10.4. The molecule has 0 unspecified atom stereocenters. The van der Waals surface area contributed by atoms with E-state index in [0.717, 1.165) is 18.5 Å². The first-order valence-corrected chi connectivity index (χ1v) is 6.46. The molecule has 0 aliphatic rings. The van der Waals surface area contributed by atoms with Gasteiger partial charge in [-0.25, -0.2) is 4.79 Å². The van der Waals surface area contributed by atoms with Gasteiger partial charge in [0, 0.05) is 6.04 Å². The number of anilines is 2. The molecule has 0 atom stereocenters. The molecule has 0 fully saturated rings. The second kappa shape index (κ2) is 6.89. The van der Waals surface area contributed by atoms with Crippen LogP contribution >= 0.6 is 0 Å². The zero-order chi connectivity index (χ0) is 13.5. The van der Waals surface area contributed by atoms with Gasteiger partial charge in [0.05, 0.1) is 23.5 Å². The number of hydrogen-bond donors (Lipinski definition) is 2. The van der Waals surface area contributed by atoms with Gasteiger partial charge in [-0.15, -0.1) is 0 Å². The molecule has 0 spiro atoms. The van der Waals surface area contributed by atoms with E-state index in [1.165, 1.54) is 0 Å². The van der Waals surface area contributed by atoms with Crippen molar-refractivity contribution in [2.75, 3.05) is 17.7 Å². The summed E-state index contributed by atoms with van der Waals surface area (Å²) < 4.78 is 4.97. The standard InChI is InChI=1S/C14H22N2O2/c1-4-10(5-2)16-12-9-7-8-11(13(12)15)14(17)18-6-3/h7-10,16H,4-6,15H2,1-3H3. The first-order valence-electron chi connectivity index (χ1n) is 6.46. The zero-order valence-electron chi connectivity index (χ0n) is 11.3. The highest BCUT2D eigenvalue weighted by Crippen LogP contribution is 2.25. The number of nitrogens with one attached hydrogen (secondary N) is 1. The van der Waals surface area contributed by atoms with E-state index in [1.807, 2.05) is 12.1 Å². The number of esters is 1. The molecule has 0 heterocycles. The third-order valence-electron chi connectivity index (χ3n) is 2.95. The van der Waals surface area contributed by atoms with Crippen molar-refractivity contribution in [2.45, 2.75) is 39.7 Å². The van der Waals surface area contributed by atoms with Gasteiger partial charge in [-0.05, 0) is 31.9 Å². The van der Waals surface area contributed by atoms with Gasteiger partial charge in [-0.3, -0.25) is 0 Å². The van der Waals surface area contributed by atoms with Crippen LogP contribution in [0.25, 0.3) is 0 Å². The summed E-state index contributed by atoms with van der Waals surface area (Å²) in [5.41, 5.74) is 7.69. The van der Waals surface area contributed by atoms with Crippen molar-refractivity contribution < 1.29 is 9.53 Å². The van der Waals surface area contributed by atoms with Crippen molar-refractivity contribution in [3.05, 3.63) is 23.8 Å². The molecule has 0 amide bonds. The van der Waals surface area contributed by atoms with Gasteiger partial charge in [0.25, 0.3) is 0 Å². The van der Waals surface area contributed by atoms with E-state index in [9.17, 15) is 4.79 Å². The van der Waals surface area contributed by atoms with E-state index >= 15 is 0 Å². The Morgan fingerprint density at radius 1 is 1.33 bits per heavy atom. The van der Waals surface area contributed by atoms with Gasteiger partial charge in [0.15, 0.2) is 0 Å². The number of carbonyl (C=O) groups is 1. The predicted octanol–water partition coefficient (Wildman–Crippen LogP) is 3.05. The summed E-state index contributed by atoms with van der Waals surface area (Å²) in [4.78, 5) is 11.7. The van der Waals surface area contributed by atoms with E-state index in [-0.39, 0.29) is 5.97 Å². The highest BCUT2D eigenvalue weighted by atomic mass is 16.5. The van der Waals surface area contributed by atoms with Gasteiger partial charge in [0.1, 0.15) is 0 Å². The topological polar surface area (TPSA) is 64.3 Å². The number of hydrogen-bond acceptors (Lipinski definition) is 4. The molecule has 4 heteroatoms. The van der Waals surface area contributed by atoms with Crippen LogP contribution in [0.15, 0.2) is 18.2 Å². The maximum Gasteiger partial charge on any atom is 0.340 e. The Morgan fingerprint density at radius 2 is 2.00 bits per heavy atom. The fourth-order valence-electron chi connectivity index (χ4n) is 1.79. The minimum Gasteiger partial charge on any atom is -0.462 e. The van der Waals surface area contributed by atoms with Crippen molar-refractivity contribution in [3.63, 3.8) is 0 Å². The fourth-order valence-corrected chi connectivity index (χ4v) is 1.79. The van der Waals surface area contributed by atoms with Gasteiger partial charge >= 0.3 is 5.97 Å². The lowest BCUT2D eigenvalue weighted by atomic mass is 10.1. The SMILES string of the molecule is CCOC(=O)c1cccc(NC(CC)CC)c1N. The smallest absolute Gasteiger partial charge is 0.340 e. The molecule has 3 N–H and O–H groups in total. The summed E-state index contributed by atoms with van der Waals surface area (Å²) in [6.45, 7) is 6.36. The molecule has 0 saturated heterocycles. The molecule has 0 aliphatic heterocycles. The molecular weight excluding hydrogens is 228 g/mol. The lowest BCUT2D eigenvalue weighted by Crippen LogP contribution is -2.19. The minimum absolute atomic E-state index is 0.350. The maximum atomic E-state index is 11.7. The highest BCUT2D eigenvalue weighted by Gasteiger charge is 2.14.